The predicted octanol–water partition coefficient (Wildman–Crippen LogP) is 2.49. The van der Waals surface area contributed by atoms with Crippen LogP contribution in [0.2, 0.25) is 0 Å². The predicted molar refractivity (Wildman–Crippen MR) is 80.8 cm³/mol. The molecule has 3 rings (SSSR count). The molecule has 0 bridgehead atoms. The lowest BCUT2D eigenvalue weighted by molar-refractivity contribution is -0.120. The van der Waals surface area contributed by atoms with Crippen LogP contribution in [-0.4, -0.2) is 19.6 Å². The zero-order valence-electron chi connectivity index (χ0n) is 12.1. The Labute approximate surface area is 128 Å². The summed E-state index contributed by atoms with van der Waals surface area (Å²) < 4.78 is 10.9. The fourth-order valence-electron chi connectivity index (χ4n) is 2.43. The van der Waals surface area contributed by atoms with Crippen molar-refractivity contribution in [3.63, 3.8) is 0 Å². The third-order valence-corrected chi connectivity index (χ3v) is 3.56. The number of carbonyl (C=O) groups excluding carboxylic acids is 1. The topological polar surface area (TPSA) is 62.6 Å². The molecule has 0 aromatic heterocycles. The van der Waals surface area contributed by atoms with Crippen molar-refractivity contribution in [2.24, 2.45) is 0 Å². The van der Waals surface area contributed by atoms with Crippen LogP contribution < -0.4 is 14.4 Å². The zero-order chi connectivity index (χ0) is 15.5. The second kappa shape index (κ2) is 5.78. The van der Waals surface area contributed by atoms with Crippen LogP contribution in [0.5, 0.6) is 11.5 Å². The van der Waals surface area contributed by atoms with E-state index in [1.807, 2.05) is 12.1 Å². The van der Waals surface area contributed by atoms with Gasteiger partial charge in [0.1, 0.15) is 0 Å². The molecule has 1 aliphatic heterocycles. The van der Waals surface area contributed by atoms with Crippen molar-refractivity contribution >= 4 is 11.6 Å². The normalized spacial score (nSPS) is 13.6. The molecule has 0 saturated carbocycles. The molecule has 1 amide bonds. The first-order chi connectivity index (χ1) is 10.7. The SMILES string of the molecule is COc1cccc2c1OCC(=O)N(c1ccc(C#N)cc1)C2. The lowest BCUT2D eigenvalue weighted by atomic mass is 10.1. The molecule has 0 N–H and O–H groups in total. The minimum Gasteiger partial charge on any atom is -0.493 e. The van der Waals surface area contributed by atoms with E-state index in [0.29, 0.717) is 23.6 Å². The Kier molecular flexibility index (Phi) is 3.67. The first kappa shape index (κ1) is 14.0. The summed E-state index contributed by atoms with van der Waals surface area (Å²) in [5.74, 6) is 1.09. The van der Waals surface area contributed by atoms with Gasteiger partial charge in [0.15, 0.2) is 18.1 Å². The quantitative estimate of drug-likeness (QED) is 0.853. The van der Waals surface area contributed by atoms with Gasteiger partial charge in [-0.05, 0) is 30.3 Å². The molecule has 0 atom stereocenters. The number of ether oxygens (including phenoxy) is 2. The molecular weight excluding hydrogens is 280 g/mol. The third-order valence-electron chi connectivity index (χ3n) is 3.56. The zero-order valence-corrected chi connectivity index (χ0v) is 12.1. The van der Waals surface area contributed by atoms with Gasteiger partial charge in [0.2, 0.25) is 0 Å². The number of nitriles is 1. The maximum Gasteiger partial charge on any atom is 0.265 e. The number of benzene rings is 2. The molecule has 110 valence electrons. The van der Waals surface area contributed by atoms with Gasteiger partial charge >= 0.3 is 0 Å². The molecule has 1 heterocycles. The van der Waals surface area contributed by atoms with E-state index in [2.05, 4.69) is 6.07 Å². The number of hydrogen-bond acceptors (Lipinski definition) is 4. The molecule has 0 radical (unpaired) electrons. The minimum atomic E-state index is -0.136. The molecule has 0 spiro atoms. The Bertz CT molecular complexity index is 747. The van der Waals surface area contributed by atoms with E-state index in [4.69, 9.17) is 14.7 Å². The smallest absolute Gasteiger partial charge is 0.265 e. The summed E-state index contributed by atoms with van der Waals surface area (Å²) in [5, 5.41) is 8.86. The van der Waals surface area contributed by atoms with E-state index in [0.717, 1.165) is 11.3 Å². The summed E-state index contributed by atoms with van der Waals surface area (Å²) in [6, 6.07) is 14.6. The summed E-state index contributed by atoms with van der Waals surface area (Å²) in [7, 11) is 1.57. The highest BCUT2D eigenvalue weighted by Crippen LogP contribution is 2.34. The number of hydrogen-bond donors (Lipinski definition) is 0. The first-order valence-corrected chi connectivity index (χ1v) is 6.82. The standard InChI is InChI=1S/C17H14N2O3/c1-21-15-4-2-3-13-10-19(16(20)11-22-17(13)15)14-7-5-12(9-18)6-8-14/h2-8H,10-11H2,1H3. The summed E-state index contributed by atoms with van der Waals surface area (Å²) >= 11 is 0. The van der Waals surface area contributed by atoms with Crippen LogP contribution >= 0.6 is 0 Å². The van der Waals surface area contributed by atoms with Crippen molar-refractivity contribution in [3.05, 3.63) is 53.6 Å². The Morgan fingerprint density at radius 1 is 1.23 bits per heavy atom. The summed E-state index contributed by atoms with van der Waals surface area (Å²) in [6.07, 6.45) is 0. The van der Waals surface area contributed by atoms with Crippen LogP contribution in [0.4, 0.5) is 5.69 Å². The van der Waals surface area contributed by atoms with Crippen molar-refractivity contribution < 1.29 is 14.3 Å². The molecule has 5 nitrogen and oxygen atoms in total. The van der Waals surface area contributed by atoms with Gasteiger partial charge in [-0.2, -0.15) is 5.26 Å². The maximum absolute atomic E-state index is 12.3. The van der Waals surface area contributed by atoms with Gasteiger partial charge in [-0.1, -0.05) is 12.1 Å². The van der Waals surface area contributed by atoms with E-state index in [9.17, 15) is 4.79 Å². The molecule has 0 aliphatic carbocycles. The van der Waals surface area contributed by atoms with E-state index in [1.165, 1.54) is 0 Å². The monoisotopic (exact) mass is 294 g/mol. The van der Waals surface area contributed by atoms with Gasteiger partial charge in [0.05, 0.1) is 25.3 Å². The highest BCUT2D eigenvalue weighted by molar-refractivity contribution is 5.95. The van der Waals surface area contributed by atoms with Gasteiger partial charge in [0.25, 0.3) is 5.91 Å². The van der Waals surface area contributed by atoms with Crippen LogP contribution in [0.25, 0.3) is 0 Å². The van der Waals surface area contributed by atoms with E-state index >= 15 is 0 Å². The van der Waals surface area contributed by atoms with Crippen LogP contribution in [0.3, 0.4) is 0 Å². The second-order valence-electron chi connectivity index (χ2n) is 4.88. The average Bonchev–Trinajstić information content (AvgIpc) is 2.74. The molecule has 0 unspecified atom stereocenters. The lowest BCUT2D eigenvalue weighted by Crippen LogP contribution is -2.32. The fourth-order valence-corrected chi connectivity index (χ4v) is 2.43. The van der Waals surface area contributed by atoms with Gasteiger partial charge in [-0.3, -0.25) is 4.79 Å². The van der Waals surface area contributed by atoms with E-state index < -0.39 is 0 Å². The molecule has 0 saturated heterocycles. The Morgan fingerprint density at radius 3 is 2.68 bits per heavy atom. The van der Waals surface area contributed by atoms with Gasteiger partial charge < -0.3 is 14.4 Å². The molecule has 2 aromatic carbocycles. The number of carbonyl (C=O) groups is 1. The number of fused-ring (bicyclic) bond motifs is 1. The average molecular weight is 294 g/mol. The van der Waals surface area contributed by atoms with Crippen LogP contribution in [0.1, 0.15) is 11.1 Å². The lowest BCUT2D eigenvalue weighted by Gasteiger charge is -2.20. The maximum atomic E-state index is 12.3. The van der Waals surface area contributed by atoms with Gasteiger partial charge in [-0.25, -0.2) is 0 Å². The number of nitrogens with zero attached hydrogens (tertiary/aromatic N) is 2. The van der Waals surface area contributed by atoms with E-state index in [1.54, 1.807) is 42.3 Å². The number of amides is 1. The first-order valence-electron chi connectivity index (χ1n) is 6.82. The highest BCUT2D eigenvalue weighted by Gasteiger charge is 2.24. The molecule has 22 heavy (non-hydrogen) atoms. The Morgan fingerprint density at radius 2 is 2.00 bits per heavy atom. The highest BCUT2D eigenvalue weighted by atomic mass is 16.5. The number of anilines is 1. The molecular formula is C17H14N2O3. The van der Waals surface area contributed by atoms with Crippen molar-refractivity contribution in [1.82, 2.24) is 0 Å². The molecule has 2 aromatic rings. The molecule has 0 fully saturated rings. The Balaban J connectivity index is 1.98. The van der Waals surface area contributed by atoms with Crippen LogP contribution in [-0.2, 0) is 11.3 Å². The van der Waals surface area contributed by atoms with Gasteiger partial charge in [0, 0.05) is 11.3 Å². The van der Waals surface area contributed by atoms with E-state index in [-0.39, 0.29) is 12.5 Å². The van der Waals surface area contributed by atoms with Crippen molar-refractivity contribution in [3.8, 4) is 17.6 Å². The third kappa shape index (κ3) is 2.47. The van der Waals surface area contributed by atoms with Crippen molar-refractivity contribution in [2.45, 2.75) is 6.54 Å². The number of rotatable bonds is 2. The second-order valence-corrected chi connectivity index (χ2v) is 4.88. The number of methoxy groups -OCH3 is 1. The van der Waals surface area contributed by atoms with Crippen LogP contribution in [0.15, 0.2) is 42.5 Å². The van der Waals surface area contributed by atoms with Crippen molar-refractivity contribution in [2.75, 3.05) is 18.6 Å². The molecule has 1 aliphatic rings. The van der Waals surface area contributed by atoms with Gasteiger partial charge in [-0.15, -0.1) is 0 Å². The minimum absolute atomic E-state index is 0.0482. The summed E-state index contributed by atoms with van der Waals surface area (Å²) in [6.45, 7) is 0.352. The fraction of sp³-hybridized carbons (Fsp3) is 0.176. The largest absolute Gasteiger partial charge is 0.493 e. The molecule has 5 heteroatoms. The number of para-hydroxylation sites is 1. The Hall–Kier alpha value is -3.00. The summed E-state index contributed by atoms with van der Waals surface area (Å²) in [5.41, 5.74) is 2.18. The van der Waals surface area contributed by atoms with Crippen molar-refractivity contribution in [1.29, 1.82) is 5.26 Å². The van der Waals surface area contributed by atoms with Crippen LogP contribution in [0, 0.1) is 11.3 Å². The summed E-state index contributed by atoms with van der Waals surface area (Å²) in [4.78, 5) is 14.0.